The average Bonchev–Trinajstić information content (AvgIpc) is 2.47. The van der Waals surface area contributed by atoms with Crippen molar-refractivity contribution in [3.63, 3.8) is 0 Å². The summed E-state index contributed by atoms with van der Waals surface area (Å²) in [6.07, 6.45) is 3.17. The maximum Gasteiger partial charge on any atom is 0.320 e. The lowest BCUT2D eigenvalue weighted by atomic mass is 10.1. The van der Waals surface area contributed by atoms with Gasteiger partial charge in [0, 0.05) is 24.3 Å². The van der Waals surface area contributed by atoms with Crippen LogP contribution in [0.15, 0.2) is 53.6 Å². The van der Waals surface area contributed by atoms with Crippen molar-refractivity contribution in [3.8, 4) is 11.4 Å². The van der Waals surface area contributed by atoms with Gasteiger partial charge in [0.1, 0.15) is 0 Å². The van der Waals surface area contributed by atoms with Gasteiger partial charge in [-0.25, -0.2) is 0 Å². The Morgan fingerprint density at radius 3 is 2.52 bits per heavy atom. The molecule has 0 atom stereocenters. The van der Waals surface area contributed by atoms with E-state index in [0.717, 1.165) is 0 Å². The van der Waals surface area contributed by atoms with E-state index < -0.39 is 16.2 Å². The van der Waals surface area contributed by atoms with Crippen molar-refractivity contribution < 1.29 is 14.6 Å². The highest BCUT2D eigenvalue weighted by Crippen LogP contribution is 2.25. The maximum absolute atomic E-state index is 12.4. The van der Waals surface area contributed by atoms with E-state index in [0.29, 0.717) is 0 Å². The van der Waals surface area contributed by atoms with Crippen LogP contribution in [0.5, 0.6) is 5.75 Å². The summed E-state index contributed by atoms with van der Waals surface area (Å²) in [6.45, 7) is 0. The van der Waals surface area contributed by atoms with Crippen molar-refractivity contribution >= 4 is 16.6 Å². The molecule has 2 aromatic heterocycles. The molecule has 21 heavy (non-hydrogen) atoms. The summed E-state index contributed by atoms with van der Waals surface area (Å²) >= 11 is 0. The van der Waals surface area contributed by atoms with Gasteiger partial charge < -0.3 is 10.1 Å². The van der Waals surface area contributed by atoms with Crippen LogP contribution in [-0.2, 0) is 0 Å². The molecule has 0 radical (unpaired) electrons. The summed E-state index contributed by atoms with van der Waals surface area (Å²) in [5, 5.41) is 23.4. The zero-order chi connectivity index (χ0) is 15.0. The van der Waals surface area contributed by atoms with Crippen LogP contribution in [0.4, 0.5) is 5.69 Å². The first kappa shape index (κ1) is 12.8. The molecule has 0 bridgehead atoms. The Labute approximate surface area is 117 Å². The van der Waals surface area contributed by atoms with Crippen LogP contribution >= 0.6 is 0 Å². The highest BCUT2D eigenvalue weighted by molar-refractivity contribution is 5.88. The van der Waals surface area contributed by atoms with Gasteiger partial charge in [0.05, 0.1) is 10.4 Å². The lowest BCUT2D eigenvalue weighted by Crippen LogP contribution is -2.37. The Bertz CT molecular complexity index is 903. The van der Waals surface area contributed by atoms with Crippen molar-refractivity contribution in [2.24, 2.45) is 0 Å². The number of non-ortho nitro benzene ring substituents is 1. The van der Waals surface area contributed by atoms with Crippen LogP contribution in [0.3, 0.4) is 0 Å². The Kier molecular flexibility index (Phi) is 2.87. The van der Waals surface area contributed by atoms with E-state index in [9.17, 15) is 20.0 Å². The van der Waals surface area contributed by atoms with E-state index in [4.69, 9.17) is 0 Å². The highest BCUT2D eigenvalue weighted by atomic mass is 16.6. The molecule has 0 amide bonds. The van der Waals surface area contributed by atoms with Crippen LogP contribution in [0.1, 0.15) is 0 Å². The van der Waals surface area contributed by atoms with E-state index in [-0.39, 0.29) is 22.3 Å². The SMILES string of the molecule is O=c1[nH]c2cc([N+](=O)[O-])ccc2c([O-])c1-[n+]1ccccc1. The van der Waals surface area contributed by atoms with Crippen molar-refractivity contribution in [1.82, 2.24) is 4.98 Å². The molecule has 1 N–H and O–H groups in total. The highest BCUT2D eigenvalue weighted by Gasteiger charge is 2.16. The van der Waals surface area contributed by atoms with Gasteiger partial charge in [0.25, 0.3) is 11.4 Å². The van der Waals surface area contributed by atoms with Crippen molar-refractivity contribution in [2.75, 3.05) is 0 Å². The van der Waals surface area contributed by atoms with Gasteiger partial charge in [0.15, 0.2) is 12.4 Å². The number of hydrogen-bond acceptors (Lipinski definition) is 4. The van der Waals surface area contributed by atoms with Crippen LogP contribution < -0.4 is 15.2 Å². The summed E-state index contributed by atoms with van der Waals surface area (Å²) in [5.41, 5.74) is -0.668. The molecular formula is C14H9N3O4. The Morgan fingerprint density at radius 1 is 1.14 bits per heavy atom. The molecule has 7 nitrogen and oxygen atoms in total. The first-order valence-corrected chi connectivity index (χ1v) is 6.06. The molecule has 3 rings (SSSR count). The Balaban J connectivity index is 2.33. The smallest absolute Gasteiger partial charge is 0.320 e. The van der Waals surface area contributed by atoms with Gasteiger partial charge in [-0.15, -0.1) is 0 Å². The van der Waals surface area contributed by atoms with E-state index >= 15 is 0 Å². The lowest BCUT2D eigenvalue weighted by molar-refractivity contribution is -0.600. The molecule has 0 saturated heterocycles. The minimum absolute atomic E-state index is 0.0445. The minimum atomic E-state index is -0.593. The van der Waals surface area contributed by atoms with Gasteiger partial charge in [-0.2, -0.15) is 4.57 Å². The topological polar surface area (TPSA) is 103 Å². The standard InChI is InChI=1S/C14H9N3O4/c18-13-10-5-4-9(17(20)21)8-11(10)15-14(19)12(13)16-6-2-1-3-7-16/h1-8H,(H-,15,18,19). The number of hydrogen-bond donors (Lipinski definition) is 1. The number of fused-ring (bicyclic) bond motifs is 1. The molecular weight excluding hydrogens is 274 g/mol. The molecule has 104 valence electrons. The first-order chi connectivity index (χ1) is 10.1. The molecule has 0 saturated carbocycles. The largest absolute Gasteiger partial charge is 0.867 e. The molecule has 3 aromatic rings. The minimum Gasteiger partial charge on any atom is -0.867 e. The quantitative estimate of drug-likeness (QED) is 0.426. The summed E-state index contributed by atoms with van der Waals surface area (Å²) in [6, 6.07) is 8.91. The van der Waals surface area contributed by atoms with Crippen molar-refractivity contribution in [1.29, 1.82) is 0 Å². The molecule has 2 heterocycles. The number of pyridine rings is 2. The lowest BCUT2D eigenvalue weighted by Gasteiger charge is -2.11. The summed E-state index contributed by atoms with van der Waals surface area (Å²) < 4.78 is 1.42. The third-order valence-corrected chi connectivity index (χ3v) is 3.11. The van der Waals surface area contributed by atoms with E-state index in [2.05, 4.69) is 4.98 Å². The fourth-order valence-corrected chi connectivity index (χ4v) is 2.14. The second-order valence-corrected chi connectivity index (χ2v) is 4.40. The van der Waals surface area contributed by atoms with Gasteiger partial charge >= 0.3 is 5.56 Å². The number of nitrogens with one attached hydrogen (secondary N) is 1. The number of nitrogens with zero attached hydrogens (tertiary/aromatic N) is 2. The molecule has 0 aliphatic carbocycles. The van der Waals surface area contributed by atoms with Gasteiger partial charge in [0.2, 0.25) is 0 Å². The number of aromatic amines is 1. The summed E-state index contributed by atoms with van der Waals surface area (Å²) in [5.74, 6) is -0.472. The Morgan fingerprint density at radius 2 is 1.86 bits per heavy atom. The molecule has 7 heteroatoms. The van der Waals surface area contributed by atoms with E-state index in [1.165, 1.54) is 22.8 Å². The number of H-pyrrole nitrogens is 1. The maximum atomic E-state index is 12.4. The first-order valence-electron chi connectivity index (χ1n) is 6.06. The third-order valence-electron chi connectivity index (χ3n) is 3.11. The van der Waals surface area contributed by atoms with Crippen LogP contribution in [0.25, 0.3) is 16.6 Å². The number of benzene rings is 1. The van der Waals surface area contributed by atoms with Gasteiger partial charge in [-0.1, -0.05) is 6.07 Å². The zero-order valence-corrected chi connectivity index (χ0v) is 10.6. The molecule has 0 aliphatic rings. The molecule has 0 unspecified atom stereocenters. The molecule has 0 spiro atoms. The number of nitro benzene ring substituents is 1. The van der Waals surface area contributed by atoms with Crippen molar-refractivity contribution in [2.45, 2.75) is 0 Å². The van der Waals surface area contributed by atoms with E-state index in [1.54, 1.807) is 30.6 Å². The second-order valence-electron chi connectivity index (χ2n) is 4.40. The Hall–Kier alpha value is -3.22. The average molecular weight is 283 g/mol. The van der Waals surface area contributed by atoms with E-state index in [1.807, 2.05) is 0 Å². The zero-order valence-electron chi connectivity index (χ0n) is 10.6. The number of rotatable bonds is 2. The number of aromatic nitrogens is 2. The monoisotopic (exact) mass is 283 g/mol. The number of nitro groups is 1. The van der Waals surface area contributed by atoms with Gasteiger partial charge in [-0.3, -0.25) is 14.9 Å². The molecule has 0 aliphatic heterocycles. The fraction of sp³-hybridized carbons (Fsp3) is 0. The second kappa shape index (κ2) is 4.71. The summed E-state index contributed by atoms with van der Waals surface area (Å²) in [4.78, 5) is 24.8. The fourth-order valence-electron chi connectivity index (χ4n) is 2.14. The predicted octanol–water partition coefficient (Wildman–Crippen LogP) is 0.787. The normalized spacial score (nSPS) is 10.7. The molecule has 0 fully saturated rings. The predicted molar refractivity (Wildman–Crippen MR) is 72.2 cm³/mol. The van der Waals surface area contributed by atoms with Crippen LogP contribution in [0, 0.1) is 10.1 Å². The van der Waals surface area contributed by atoms with Gasteiger partial charge in [-0.05, 0) is 17.2 Å². The summed E-state index contributed by atoms with van der Waals surface area (Å²) in [7, 11) is 0. The third kappa shape index (κ3) is 2.10. The van der Waals surface area contributed by atoms with Crippen molar-refractivity contribution in [3.05, 3.63) is 69.3 Å². The molecule has 1 aromatic carbocycles. The van der Waals surface area contributed by atoms with Crippen LogP contribution in [-0.4, -0.2) is 9.91 Å². The van der Waals surface area contributed by atoms with Crippen LogP contribution in [0.2, 0.25) is 0 Å².